The van der Waals surface area contributed by atoms with E-state index in [-0.39, 0.29) is 23.7 Å². The minimum atomic E-state index is -4.36. The molecule has 2 aromatic carbocycles. The molecule has 0 saturated carbocycles. The molecule has 7 heteroatoms. The van der Waals surface area contributed by atoms with E-state index in [1.54, 1.807) is 0 Å². The van der Waals surface area contributed by atoms with Crippen molar-refractivity contribution in [1.82, 2.24) is 10.2 Å². The van der Waals surface area contributed by atoms with Gasteiger partial charge in [0.15, 0.2) is 0 Å². The molecule has 2 atom stereocenters. The maximum Gasteiger partial charge on any atom is 0.416 e. The highest BCUT2D eigenvalue weighted by molar-refractivity contribution is 5.70. The van der Waals surface area contributed by atoms with Crippen molar-refractivity contribution in [2.45, 2.75) is 51.4 Å². The van der Waals surface area contributed by atoms with Crippen molar-refractivity contribution in [2.24, 2.45) is 11.3 Å². The molecule has 2 bridgehead atoms. The van der Waals surface area contributed by atoms with Gasteiger partial charge in [-0.15, -0.1) is 0 Å². The molecule has 4 nitrogen and oxygen atoms in total. The van der Waals surface area contributed by atoms with E-state index in [4.69, 9.17) is 4.74 Å². The van der Waals surface area contributed by atoms with Crippen molar-refractivity contribution in [1.29, 1.82) is 0 Å². The van der Waals surface area contributed by atoms with Crippen molar-refractivity contribution < 1.29 is 22.7 Å². The Morgan fingerprint density at radius 3 is 2.33 bits per heavy atom. The van der Waals surface area contributed by atoms with Gasteiger partial charge in [0.1, 0.15) is 6.10 Å². The molecular formula is C26H29F3N2O2. The molecule has 3 heterocycles. The third-order valence-corrected chi connectivity index (χ3v) is 7.55. The minimum absolute atomic E-state index is 0.0602. The number of hydrogen-bond acceptors (Lipinski definition) is 3. The Morgan fingerprint density at radius 1 is 1.06 bits per heavy atom. The Kier molecular flexibility index (Phi) is 5.43. The van der Waals surface area contributed by atoms with Gasteiger partial charge in [0.05, 0.1) is 11.6 Å². The standard InChI is InChI=1S/C26H29F3N2O2/c1-25(2)14-19-4-3-18(16-5-7-20(8-6-16)26(27,28)29)13-21(19)23(25)30-24(32)33-22-15-31-11-9-17(22)10-12-31/h3-8,13,17,22-23H,9-12,14-15H2,1-2H3,(H,30,32)/t22-,23?/m1/s1. The molecule has 3 fully saturated rings. The van der Waals surface area contributed by atoms with E-state index in [0.29, 0.717) is 11.5 Å². The molecule has 1 unspecified atom stereocenters. The van der Waals surface area contributed by atoms with E-state index < -0.39 is 11.7 Å². The quantitative estimate of drug-likeness (QED) is 0.631. The summed E-state index contributed by atoms with van der Waals surface area (Å²) in [5.74, 6) is 0.441. The molecule has 3 saturated heterocycles. The Bertz CT molecular complexity index is 1040. The van der Waals surface area contributed by atoms with Crippen LogP contribution in [-0.2, 0) is 17.3 Å². The second-order valence-electron chi connectivity index (χ2n) is 10.3. The molecule has 0 spiro atoms. The van der Waals surface area contributed by atoms with E-state index in [9.17, 15) is 18.0 Å². The predicted octanol–water partition coefficient (Wildman–Crippen LogP) is 5.82. The predicted molar refractivity (Wildman–Crippen MR) is 120 cm³/mol. The Balaban J connectivity index is 1.35. The second-order valence-corrected chi connectivity index (χ2v) is 10.3. The summed E-state index contributed by atoms with van der Waals surface area (Å²) in [6.07, 6.45) is -1.85. The normalized spacial score (nSPS) is 27.8. The summed E-state index contributed by atoms with van der Waals surface area (Å²) in [5, 5.41) is 3.11. The van der Waals surface area contributed by atoms with Gasteiger partial charge in [-0.2, -0.15) is 13.2 Å². The zero-order valence-electron chi connectivity index (χ0n) is 18.9. The number of halogens is 3. The SMILES string of the molecule is CC1(C)Cc2ccc(-c3ccc(C(F)(F)F)cc3)cc2C1NC(=O)O[C@@H]1CN2CCC1CC2. The summed E-state index contributed by atoms with van der Waals surface area (Å²) in [7, 11) is 0. The van der Waals surface area contributed by atoms with E-state index in [1.807, 2.05) is 18.2 Å². The zero-order valence-corrected chi connectivity index (χ0v) is 18.9. The highest BCUT2D eigenvalue weighted by Gasteiger charge is 2.42. The molecule has 1 aliphatic carbocycles. The van der Waals surface area contributed by atoms with Gasteiger partial charge in [0, 0.05) is 6.54 Å². The molecule has 176 valence electrons. The van der Waals surface area contributed by atoms with Gasteiger partial charge >= 0.3 is 12.3 Å². The van der Waals surface area contributed by atoms with Crippen molar-refractivity contribution in [3.05, 3.63) is 59.2 Å². The Morgan fingerprint density at radius 2 is 1.73 bits per heavy atom. The molecule has 33 heavy (non-hydrogen) atoms. The van der Waals surface area contributed by atoms with Crippen LogP contribution in [0.1, 0.15) is 49.4 Å². The largest absolute Gasteiger partial charge is 0.445 e. The lowest BCUT2D eigenvalue weighted by atomic mass is 9.85. The molecule has 6 rings (SSSR count). The fourth-order valence-electron chi connectivity index (χ4n) is 5.68. The molecule has 3 aliphatic heterocycles. The third kappa shape index (κ3) is 4.35. The summed E-state index contributed by atoms with van der Waals surface area (Å²) in [6.45, 7) is 7.21. The van der Waals surface area contributed by atoms with E-state index >= 15 is 0 Å². The van der Waals surface area contributed by atoms with Crippen LogP contribution in [0.5, 0.6) is 0 Å². The summed E-state index contributed by atoms with van der Waals surface area (Å²) in [4.78, 5) is 15.2. The first kappa shape index (κ1) is 22.3. The number of carbonyl (C=O) groups is 1. The molecule has 0 aromatic heterocycles. The number of alkyl carbamates (subject to hydrolysis) is 1. The number of hydrogen-bond donors (Lipinski definition) is 1. The monoisotopic (exact) mass is 458 g/mol. The Labute approximate surface area is 192 Å². The van der Waals surface area contributed by atoms with Crippen LogP contribution >= 0.6 is 0 Å². The molecule has 0 radical (unpaired) electrons. The first-order valence-electron chi connectivity index (χ1n) is 11.6. The number of nitrogens with one attached hydrogen (secondary N) is 1. The van der Waals surface area contributed by atoms with Gasteiger partial charge in [-0.25, -0.2) is 4.79 Å². The fraction of sp³-hybridized carbons (Fsp3) is 0.500. The van der Waals surface area contributed by atoms with E-state index in [2.05, 4.69) is 24.1 Å². The second kappa shape index (κ2) is 8.05. The van der Waals surface area contributed by atoms with Crippen molar-refractivity contribution in [3.8, 4) is 11.1 Å². The van der Waals surface area contributed by atoms with Gasteiger partial charge in [-0.05, 0) is 84.1 Å². The molecule has 1 N–H and O–H groups in total. The number of benzene rings is 2. The lowest BCUT2D eigenvalue weighted by Gasteiger charge is -2.44. The van der Waals surface area contributed by atoms with Crippen LogP contribution in [0.3, 0.4) is 0 Å². The number of amides is 1. The third-order valence-electron chi connectivity index (χ3n) is 7.55. The topological polar surface area (TPSA) is 41.6 Å². The number of alkyl halides is 3. The van der Waals surface area contributed by atoms with Crippen molar-refractivity contribution >= 4 is 6.09 Å². The highest BCUT2D eigenvalue weighted by atomic mass is 19.4. The smallest absolute Gasteiger partial charge is 0.416 e. The number of ether oxygens (including phenoxy) is 1. The zero-order chi connectivity index (χ0) is 23.4. The Hall–Kier alpha value is -2.54. The highest BCUT2D eigenvalue weighted by Crippen LogP contribution is 2.46. The maximum atomic E-state index is 12.9. The van der Waals surface area contributed by atoms with Crippen molar-refractivity contribution in [3.63, 3.8) is 0 Å². The van der Waals surface area contributed by atoms with Gasteiger partial charge in [-0.3, -0.25) is 4.90 Å². The fourth-order valence-corrected chi connectivity index (χ4v) is 5.68. The van der Waals surface area contributed by atoms with Crippen LogP contribution < -0.4 is 5.32 Å². The first-order valence-corrected chi connectivity index (χ1v) is 11.6. The summed E-state index contributed by atoms with van der Waals surface area (Å²) in [5.41, 5.74) is 2.83. The van der Waals surface area contributed by atoms with Gasteiger partial charge < -0.3 is 10.1 Å². The number of piperidine rings is 3. The maximum absolute atomic E-state index is 12.9. The first-order chi connectivity index (χ1) is 15.6. The van der Waals surface area contributed by atoms with Crippen LogP contribution in [0, 0.1) is 11.3 Å². The van der Waals surface area contributed by atoms with Crippen LogP contribution in [-0.4, -0.2) is 36.7 Å². The van der Waals surface area contributed by atoms with Crippen LogP contribution in [0.25, 0.3) is 11.1 Å². The van der Waals surface area contributed by atoms with Crippen molar-refractivity contribution in [2.75, 3.05) is 19.6 Å². The average Bonchev–Trinajstić information content (AvgIpc) is 3.03. The van der Waals surface area contributed by atoms with E-state index in [1.165, 1.54) is 12.1 Å². The molecular weight excluding hydrogens is 429 g/mol. The average molecular weight is 459 g/mol. The lowest BCUT2D eigenvalue weighted by molar-refractivity contribution is -0.137. The van der Waals surface area contributed by atoms with Crippen LogP contribution in [0.15, 0.2) is 42.5 Å². The number of carbonyl (C=O) groups excluding carboxylic acids is 1. The molecule has 2 aromatic rings. The van der Waals surface area contributed by atoms with Gasteiger partial charge in [0.25, 0.3) is 0 Å². The summed E-state index contributed by atoms with van der Waals surface area (Å²) < 4.78 is 44.6. The molecule has 4 aliphatic rings. The summed E-state index contributed by atoms with van der Waals surface area (Å²) in [6, 6.07) is 10.9. The van der Waals surface area contributed by atoms with Gasteiger partial charge in [0.2, 0.25) is 0 Å². The number of rotatable bonds is 3. The minimum Gasteiger partial charge on any atom is -0.445 e. The van der Waals surface area contributed by atoms with Crippen LogP contribution in [0.2, 0.25) is 0 Å². The lowest BCUT2D eigenvalue weighted by Crippen LogP contribution is -2.53. The van der Waals surface area contributed by atoms with Crippen LogP contribution in [0.4, 0.5) is 18.0 Å². The van der Waals surface area contributed by atoms with E-state index in [0.717, 1.165) is 67.7 Å². The number of fused-ring (bicyclic) bond motifs is 4. The molecule has 1 amide bonds. The van der Waals surface area contributed by atoms with Gasteiger partial charge in [-0.1, -0.05) is 38.1 Å². The number of nitrogens with zero attached hydrogens (tertiary/aromatic N) is 1. The summed E-state index contributed by atoms with van der Waals surface area (Å²) >= 11 is 0.